The predicted octanol–water partition coefficient (Wildman–Crippen LogP) is 2.61. The topological polar surface area (TPSA) is 61.2 Å². The minimum atomic E-state index is 0.136. The van der Waals surface area contributed by atoms with Crippen LogP contribution in [0.2, 0.25) is 0 Å². The van der Waals surface area contributed by atoms with E-state index < -0.39 is 0 Å². The molecule has 1 saturated heterocycles. The van der Waals surface area contributed by atoms with E-state index in [1.165, 1.54) is 12.1 Å². The standard InChI is InChI=1S/C19H28N4O2/c1-3-23-17(9-12-22-23)18-16(7-5-13-25-18)14-20-11-8-15-6-4-10-21-19(15)24-2/h4,6,9-10,12,16,18,20H,3,5,7-8,11,13-14H2,1-2H3/t16-,18+/m0/s1. The Bertz CT molecular complexity index is 658. The Balaban J connectivity index is 1.54. The third-order valence-electron chi connectivity index (χ3n) is 4.81. The second kappa shape index (κ2) is 8.97. The van der Waals surface area contributed by atoms with Gasteiger partial charge in [0.05, 0.1) is 12.8 Å². The molecule has 136 valence electrons. The van der Waals surface area contributed by atoms with Crippen LogP contribution >= 0.6 is 0 Å². The summed E-state index contributed by atoms with van der Waals surface area (Å²) in [6, 6.07) is 6.11. The van der Waals surface area contributed by atoms with Crippen molar-refractivity contribution in [2.24, 2.45) is 5.92 Å². The number of nitrogens with zero attached hydrogens (tertiary/aromatic N) is 3. The Morgan fingerprint density at radius 3 is 3.12 bits per heavy atom. The number of aromatic nitrogens is 3. The average molecular weight is 344 g/mol. The Kier molecular flexibility index (Phi) is 6.42. The number of pyridine rings is 1. The fraction of sp³-hybridized carbons (Fsp3) is 0.579. The van der Waals surface area contributed by atoms with Crippen LogP contribution in [0.5, 0.6) is 5.88 Å². The van der Waals surface area contributed by atoms with Gasteiger partial charge in [0.15, 0.2) is 0 Å². The Morgan fingerprint density at radius 2 is 2.28 bits per heavy atom. The van der Waals surface area contributed by atoms with E-state index in [9.17, 15) is 0 Å². The zero-order valence-corrected chi connectivity index (χ0v) is 15.1. The molecule has 0 unspecified atom stereocenters. The number of nitrogens with one attached hydrogen (secondary N) is 1. The largest absolute Gasteiger partial charge is 0.481 e. The third-order valence-corrected chi connectivity index (χ3v) is 4.81. The van der Waals surface area contributed by atoms with Gasteiger partial charge in [-0.2, -0.15) is 5.10 Å². The lowest BCUT2D eigenvalue weighted by molar-refractivity contribution is -0.0325. The van der Waals surface area contributed by atoms with Crippen LogP contribution in [0.3, 0.4) is 0 Å². The second-order valence-electron chi connectivity index (χ2n) is 6.39. The summed E-state index contributed by atoms with van der Waals surface area (Å²) in [5, 5.41) is 7.99. The molecule has 1 fully saturated rings. The Labute approximate surface area is 149 Å². The maximum Gasteiger partial charge on any atom is 0.216 e. The molecule has 3 rings (SSSR count). The molecular weight excluding hydrogens is 316 g/mol. The van der Waals surface area contributed by atoms with Crippen LogP contribution in [0.25, 0.3) is 0 Å². The Hall–Kier alpha value is -1.92. The van der Waals surface area contributed by atoms with Gasteiger partial charge in [-0.3, -0.25) is 4.68 Å². The van der Waals surface area contributed by atoms with E-state index >= 15 is 0 Å². The van der Waals surface area contributed by atoms with Crippen LogP contribution in [0.4, 0.5) is 0 Å². The molecule has 0 radical (unpaired) electrons. The highest BCUT2D eigenvalue weighted by Gasteiger charge is 2.29. The first-order valence-corrected chi connectivity index (χ1v) is 9.15. The first kappa shape index (κ1) is 17.9. The number of rotatable bonds is 8. The van der Waals surface area contributed by atoms with Crippen molar-refractivity contribution in [3.05, 3.63) is 41.9 Å². The summed E-state index contributed by atoms with van der Waals surface area (Å²) in [7, 11) is 1.67. The van der Waals surface area contributed by atoms with E-state index in [-0.39, 0.29) is 6.10 Å². The van der Waals surface area contributed by atoms with Gasteiger partial charge < -0.3 is 14.8 Å². The van der Waals surface area contributed by atoms with Crippen molar-refractivity contribution < 1.29 is 9.47 Å². The molecule has 0 bridgehead atoms. The number of methoxy groups -OCH3 is 1. The summed E-state index contributed by atoms with van der Waals surface area (Å²) in [6.07, 6.45) is 6.98. The summed E-state index contributed by atoms with van der Waals surface area (Å²) >= 11 is 0. The zero-order chi connectivity index (χ0) is 17.5. The highest BCUT2D eigenvalue weighted by molar-refractivity contribution is 5.25. The van der Waals surface area contributed by atoms with E-state index in [0.717, 1.165) is 50.5 Å². The van der Waals surface area contributed by atoms with E-state index in [2.05, 4.69) is 34.5 Å². The number of hydrogen-bond donors (Lipinski definition) is 1. The van der Waals surface area contributed by atoms with E-state index in [0.29, 0.717) is 5.92 Å². The average Bonchev–Trinajstić information content (AvgIpc) is 3.14. The summed E-state index contributed by atoms with van der Waals surface area (Å²) in [5.74, 6) is 1.20. The van der Waals surface area contributed by atoms with Gasteiger partial charge in [0.1, 0.15) is 6.10 Å². The highest BCUT2D eigenvalue weighted by atomic mass is 16.5. The van der Waals surface area contributed by atoms with Crippen molar-refractivity contribution in [2.75, 3.05) is 26.8 Å². The first-order valence-electron chi connectivity index (χ1n) is 9.15. The first-order chi connectivity index (χ1) is 12.3. The molecule has 3 heterocycles. The Morgan fingerprint density at radius 1 is 1.36 bits per heavy atom. The summed E-state index contributed by atoms with van der Waals surface area (Å²) < 4.78 is 13.5. The molecule has 2 atom stereocenters. The maximum atomic E-state index is 6.10. The lowest BCUT2D eigenvalue weighted by atomic mass is 9.92. The normalized spacial score (nSPS) is 20.6. The SMILES string of the molecule is CCn1nccc1[C@@H]1OCCC[C@H]1CNCCc1cccnc1OC. The van der Waals surface area contributed by atoms with Crippen LogP contribution in [-0.2, 0) is 17.7 Å². The van der Waals surface area contributed by atoms with Crippen molar-refractivity contribution in [3.63, 3.8) is 0 Å². The van der Waals surface area contributed by atoms with Crippen molar-refractivity contribution in [1.82, 2.24) is 20.1 Å². The molecule has 1 aliphatic heterocycles. The molecule has 1 aliphatic rings. The fourth-order valence-electron chi connectivity index (χ4n) is 3.54. The highest BCUT2D eigenvalue weighted by Crippen LogP contribution is 2.33. The minimum Gasteiger partial charge on any atom is -0.481 e. The van der Waals surface area contributed by atoms with E-state index in [1.54, 1.807) is 13.3 Å². The molecule has 0 amide bonds. The number of ether oxygens (including phenoxy) is 2. The monoisotopic (exact) mass is 344 g/mol. The molecule has 25 heavy (non-hydrogen) atoms. The van der Waals surface area contributed by atoms with Crippen LogP contribution in [0.15, 0.2) is 30.6 Å². The van der Waals surface area contributed by atoms with Crippen LogP contribution in [-0.4, -0.2) is 41.6 Å². The molecule has 2 aromatic heterocycles. The smallest absolute Gasteiger partial charge is 0.216 e. The summed E-state index contributed by atoms with van der Waals surface area (Å²) in [5.41, 5.74) is 2.33. The van der Waals surface area contributed by atoms with E-state index in [1.807, 2.05) is 16.9 Å². The molecular formula is C19H28N4O2. The zero-order valence-electron chi connectivity index (χ0n) is 15.1. The van der Waals surface area contributed by atoms with Crippen LogP contribution in [0, 0.1) is 5.92 Å². The van der Waals surface area contributed by atoms with Gasteiger partial charge in [-0.1, -0.05) is 6.07 Å². The molecule has 0 aromatic carbocycles. The lowest BCUT2D eigenvalue weighted by Gasteiger charge is -2.32. The second-order valence-corrected chi connectivity index (χ2v) is 6.39. The minimum absolute atomic E-state index is 0.136. The maximum absolute atomic E-state index is 6.10. The summed E-state index contributed by atoms with van der Waals surface area (Å²) in [6.45, 7) is 5.68. The van der Waals surface area contributed by atoms with Gasteiger partial charge in [-0.15, -0.1) is 0 Å². The van der Waals surface area contributed by atoms with Crippen molar-refractivity contribution in [2.45, 2.75) is 38.8 Å². The quantitative estimate of drug-likeness (QED) is 0.746. The van der Waals surface area contributed by atoms with Crippen LogP contribution < -0.4 is 10.1 Å². The van der Waals surface area contributed by atoms with Crippen molar-refractivity contribution in [3.8, 4) is 5.88 Å². The fourth-order valence-corrected chi connectivity index (χ4v) is 3.54. The predicted molar refractivity (Wildman–Crippen MR) is 96.7 cm³/mol. The molecule has 0 saturated carbocycles. The third kappa shape index (κ3) is 4.38. The lowest BCUT2D eigenvalue weighted by Crippen LogP contribution is -2.33. The molecule has 6 nitrogen and oxygen atoms in total. The summed E-state index contributed by atoms with van der Waals surface area (Å²) in [4.78, 5) is 4.25. The van der Waals surface area contributed by atoms with E-state index in [4.69, 9.17) is 9.47 Å². The van der Waals surface area contributed by atoms with Crippen molar-refractivity contribution in [1.29, 1.82) is 0 Å². The molecule has 1 N–H and O–H groups in total. The van der Waals surface area contributed by atoms with Gasteiger partial charge >= 0.3 is 0 Å². The molecule has 6 heteroatoms. The van der Waals surface area contributed by atoms with Gasteiger partial charge in [-0.05, 0) is 44.9 Å². The van der Waals surface area contributed by atoms with Gasteiger partial charge in [0.2, 0.25) is 5.88 Å². The van der Waals surface area contributed by atoms with Gasteiger partial charge in [0, 0.05) is 43.6 Å². The number of hydrogen-bond acceptors (Lipinski definition) is 5. The molecule has 2 aromatic rings. The number of aryl methyl sites for hydroxylation is 1. The van der Waals surface area contributed by atoms with Crippen molar-refractivity contribution >= 4 is 0 Å². The van der Waals surface area contributed by atoms with Crippen LogP contribution in [0.1, 0.15) is 37.1 Å². The van der Waals surface area contributed by atoms with Gasteiger partial charge in [0.25, 0.3) is 0 Å². The molecule has 0 spiro atoms. The molecule has 0 aliphatic carbocycles. The van der Waals surface area contributed by atoms with Gasteiger partial charge in [-0.25, -0.2) is 4.98 Å².